The fraction of sp³-hybridized carbons (Fsp3) is 0.450. The first-order valence-electron chi connectivity index (χ1n) is 16.8. The molecule has 1 aliphatic heterocycles. The zero-order valence-corrected chi connectivity index (χ0v) is 29.8. The van der Waals surface area contributed by atoms with Crippen molar-refractivity contribution in [3.63, 3.8) is 0 Å². The molecule has 0 unspecified atom stereocenters. The molecule has 7 rings (SSSR count). The van der Waals surface area contributed by atoms with Crippen LogP contribution < -0.4 is 4.74 Å². The van der Waals surface area contributed by atoms with Gasteiger partial charge in [0.25, 0.3) is 0 Å². The summed E-state index contributed by atoms with van der Waals surface area (Å²) in [5.74, 6) is 2.56. The first-order chi connectivity index (χ1) is 21.3. The Kier molecular flexibility index (Phi) is 10.2. The second kappa shape index (κ2) is 13.8. The van der Waals surface area contributed by atoms with Crippen LogP contribution in [0.2, 0.25) is 0 Å². The number of pyridine rings is 1. The molecule has 239 valence electrons. The van der Waals surface area contributed by atoms with Crippen LogP contribution >= 0.6 is 0 Å². The van der Waals surface area contributed by atoms with E-state index in [9.17, 15) is 9.90 Å². The van der Waals surface area contributed by atoms with Gasteiger partial charge in [-0.2, -0.15) is 0 Å². The van der Waals surface area contributed by atoms with E-state index in [1.54, 1.807) is 0 Å². The molecule has 1 radical (unpaired) electrons. The van der Waals surface area contributed by atoms with Crippen LogP contribution in [0.25, 0.3) is 32.8 Å². The van der Waals surface area contributed by atoms with Gasteiger partial charge in [0.1, 0.15) is 5.75 Å². The van der Waals surface area contributed by atoms with E-state index in [-0.39, 0.29) is 43.5 Å². The van der Waals surface area contributed by atoms with Gasteiger partial charge >= 0.3 is 0 Å². The zero-order valence-electron chi connectivity index (χ0n) is 27.4. The van der Waals surface area contributed by atoms with Gasteiger partial charge in [0, 0.05) is 55.3 Å². The van der Waals surface area contributed by atoms with Crippen LogP contribution in [0.15, 0.2) is 54.4 Å². The molecule has 0 bridgehead atoms. The molecule has 5 heteroatoms. The van der Waals surface area contributed by atoms with E-state index >= 15 is 0 Å². The van der Waals surface area contributed by atoms with Crippen molar-refractivity contribution in [1.82, 2.24) is 4.98 Å². The van der Waals surface area contributed by atoms with Crippen molar-refractivity contribution in [1.29, 1.82) is 0 Å². The predicted octanol–water partition coefficient (Wildman–Crippen LogP) is 10.8. The third-order valence-electron chi connectivity index (χ3n) is 10.7. The number of benzene rings is 3. The Hall–Kier alpha value is -3.01. The number of aromatic nitrogens is 1. The maximum absolute atomic E-state index is 11.7. The molecule has 45 heavy (non-hydrogen) atoms. The summed E-state index contributed by atoms with van der Waals surface area (Å²) < 4.78 is 6.76. The second-order valence-corrected chi connectivity index (χ2v) is 13.3. The van der Waals surface area contributed by atoms with Crippen LogP contribution in [0.4, 0.5) is 0 Å². The predicted molar refractivity (Wildman–Crippen MR) is 181 cm³/mol. The monoisotopic (exact) mass is 781 g/mol. The minimum Gasteiger partial charge on any atom is -0.512 e. The molecule has 3 aliphatic rings. The SMILES string of the molecule is CCC(CC)C(=O)/C=C(\O)C(CC)CC.Cc1c2c([c-]c3ccccc13)-c1nccc3cc4c(c(c13)O2)CC1(CCCC1)C4.[Ir]. The normalized spacial score (nSPS) is 15.9. The van der Waals surface area contributed by atoms with Gasteiger partial charge < -0.3 is 9.84 Å². The summed E-state index contributed by atoms with van der Waals surface area (Å²) in [6, 6.07) is 16.6. The number of aliphatic hydroxyl groups excluding tert-OH is 1. The van der Waals surface area contributed by atoms with E-state index in [1.807, 2.05) is 33.9 Å². The molecule has 1 aromatic heterocycles. The van der Waals surface area contributed by atoms with E-state index in [2.05, 4.69) is 49.4 Å². The fourth-order valence-electron chi connectivity index (χ4n) is 7.98. The Bertz CT molecular complexity index is 1740. The molecule has 4 aromatic rings. The summed E-state index contributed by atoms with van der Waals surface area (Å²) in [6.45, 7) is 10.2. The molecule has 4 nitrogen and oxygen atoms in total. The third-order valence-corrected chi connectivity index (χ3v) is 10.7. The van der Waals surface area contributed by atoms with Crippen molar-refractivity contribution in [2.24, 2.45) is 17.3 Å². The number of allylic oxidation sites excluding steroid dienone is 2. The number of nitrogens with zero attached hydrogens (tertiary/aromatic N) is 1. The summed E-state index contributed by atoms with van der Waals surface area (Å²) >= 11 is 0. The van der Waals surface area contributed by atoms with Crippen LogP contribution in [-0.4, -0.2) is 15.9 Å². The number of aliphatic hydroxyl groups is 1. The van der Waals surface area contributed by atoms with Gasteiger partial charge in [-0.05, 0) is 86.3 Å². The number of carbonyl (C=O) groups is 1. The molecule has 1 saturated carbocycles. The summed E-state index contributed by atoms with van der Waals surface area (Å²) in [5, 5.41) is 14.5. The molecule has 1 fully saturated rings. The van der Waals surface area contributed by atoms with Gasteiger partial charge in [-0.1, -0.05) is 81.3 Å². The Balaban J connectivity index is 0.000000217. The molecular formula is C40H46IrNO3-. The minimum atomic E-state index is 0. The van der Waals surface area contributed by atoms with Crippen LogP contribution in [-0.2, 0) is 37.7 Å². The molecule has 3 aromatic carbocycles. The average molecular weight is 781 g/mol. The molecule has 0 amide bonds. The molecule has 1 N–H and O–H groups in total. The van der Waals surface area contributed by atoms with E-state index < -0.39 is 0 Å². The van der Waals surface area contributed by atoms with E-state index in [0.29, 0.717) is 5.41 Å². The topological polar surface area (TPSA) is 59.4 Å². The number of ether oxygens (including phenoxy) is 1. The Labute approximate surface area is 282 Å². The second-order valence-electron chi connectivity index (χ2n) is 13.3. The maximum atomic E-state index is 11.7. The minimum absolute atomic E-state index is 0. The molecular weight excluding hydrogens is 735 g/mol. The van der Waals surface area contributed by atoms with E-state index in [1.165, 1.54) is 71.0 Å². The van der Waals surface area contributed by atoms with Gasteiger partial charge in [0.05, 0.1) is 11.5 Å². The molecule has 2 heterocycles. The van der Waals surface area contributed by atoms with Gasteiger partial charge in [-0.15, -0.1) is 17.5 Å². The molecule has 0 saturated heterocycles. The van der Waals surface area contributed by atoms with Gasteiger partial charge in [0.15, 0.2) is 5.78 Å². The quantitative estimate of drug-likeness (QED) is 0.102. The van der Waals surface area contributed by atoms with Crippen LogP contribution in [0.5, 0.6) is 11.5 Å². The van der Waals surface area contributed by atoms with E-state index in [4.69, 9.17) is 9.72 Å². The van der Waals surface area contributed by atoms with Crippen LogP contribution in [0.3, 0.4) is 0 Å². The van der Waals surface area contributed by atoms with Crippen molar-refractivity contribution in [2.45, 2.75) is 98.8 Å². The Morgan fingerprint density at radius 2 is 1.69 bits per heavy atom. The zero-order chi connectivity index (χ0) is 31.0. The smallest absolute Gasteiger partial charge is 0.162 e. The number of carbonyl (C=O) groups excluding carboxylic acids is 1. The standard InChI is InChI=1S/C27H22NO.C13H24O2.Ir/c1-16-20-7-3-2-6-17(20)13-21-24-23-18(8-11-28-24)12-19-14-27(9-4-5-10-27)15-22(19)26(23)29-25(16)21;1-5-10(6-2)12(14)9-13(15)11(7-3)8-4;/h2-3,6-8,11-12H,4-5,9-10,14-15H2,1H3;9-11,14H,5-8H2,1-4H3;/q-1;;/b;12-9-;. The molecule has 2 aliphatic carbocycles. The number of fused-ring (bicyclic) bond motifs is 5. The number of ketones is 1. The van der Waals surface area contributed by atoms with Crippen molar-refractivity contribution in [2.75, 3.05) is 0 Å². The number of rotatable bonds is 7. The van der Waals surface area contributed by atoms with Crippen molar-refractivity contribution in [3.8, 4) is 22.8 Å². The van der Waals surface area contributed by atoms with Crippen LogP contribution in [0.1, 0.15) is 95.8 Å². The summed E-state index contributed by atoms with van der Waals surface area (Å²) in [7, 11) is 0. The average Bonchev–Trinajstić information content (AvgIpc) is 3.65. The van der Waals surface area contributed by atoms with Gasteiger partial charge in [-0.25, -0.2) is 0 Å². The first kappa shape index (κ1) is 33.4. The van der Waals surface area contributed by atoms with Gasteiger partial charge in [-0.3, -0.25) is 9.78 Å². The largest absolute Gasteiger partial charge is 0.512 e. The molecule has 1 spiro atoms. The Morgan fingerprint density at radius 3 is 2.38 bits per heavy atom. The van der Waals surface area contributed by atoms with Crippen molar-refractivity contribution >= 4 is 27.3 Å². The van der Waals surface area contributed by atoms with Crippen molar-refractivity contribution < 1.29 is 34.7 Å². The van der Waals surface area contributed by atoms with Crippen LogP contribution in [0, 0.1) is 30.2 Å². The molecule has 0 atom stereocenters. The van der Waals surface area contributed by atoms with Crippen molar-refractivity contribution in [3.05, 3.63) is 77.2 Å². The number of hydrogen-bond acceptors (Lipinski definition) is 4. The number of hydrogen-bond donors (Lipinski definition) is 1. The van der Waals surface area contributed by atoms with E-state index in [0.717, 1.165) is 60.2 Å². The third kappa shape index (κ3) is 6.11. The Morgan fingerprint density at radius 1 is 1.00 bits per heavy atom. The summed E-state index contributed by atoms with van der Waals surface area (Å²) in [6.07, 6.45) is 14.7. The maximum Gasteiger partial charge on any atom is 0.162 e. The summed E-state index contributed by atoms with van der Waals surface area (Å²) in [5.41, 5.74) is 6.63. The summed E-state index contributed by atoms with van der Waals surface area (Å²) in [4.78, 5) is 16.5. The number of aryl methyl sites for hydroxylation is 1. The first-order valence-corrected chi connectivity index (χ1v) is 16.8. The van der Waals surface area contributed by atoms with Gasteiger partial charge in [0.2, 0.25) is 0 Å². The fourth-order valence-corrected chi connectivity index (χ4v) is 7.98.